The molecule has 0 unspecified atom stereocenters. The summed E-state index contributed by atoms with van der Waals surface area (Å²) < 4.78 is 5.23. The van der Waals surface area contributed by atoms with Crippen molar-refractivity contribution in [2.75, 3.05) is 13.7 Å². The van der Waals surface area contributed by atoms with Crippen molar-refractivity contribution in [1.29, 1.82) is 0 Å². The Bertz CT molecular complexity index is 1210. The number of pyridine rings is 1. The van der Waals surface area contributed by atoms with Gasteiger partial charge < -0.3 is 20.5 Å². The Morgan fingerprint density at radius 3 is 2.89 bits per heavy atom. The number of hydrogen-bond acceptors (Lipinski definition) is 8. The van der Waals surface area contributed by atoms with Gasteiger partial charge in [-0.1, -0.05) is 12.1 Å². The third-order valence-corrected chi connectivity index (χ3v) is 6.15. The van der Waals surface area contributed by atoms with E-state index in [1.807, 2.05) is 37.3 Å². The molecule has 2 amide bonds. The smallest absolute Gasteiger partial charge is 0.270 e. The molecule has 2 aromatic heterocycles. The lowest BCUT2D eigenvalue weighted by molar-refractivity contribution is -0.122. The van der Waals surface area contributed by atoms with E-state index >= 15 is 0 Å². The topological polar surface area (TPSA) is 144 Å². The minimum absolute atomic E-state index is 0.109. The van der Waals surface area contributed by atoms with E-state index in [9.17, 15) is 9.59 Å². The number of carbonyl (C=O) groups is 2. The molecule has 3 N–H and O–H groups in total. The van der Waals surface area contributed by atoms with Crippen LogP contribution in [0.15, 0.2) is 36.4 Å². The van der Waals surface area contributed by atoms with Crippen molar-refractivity contribution in [1.82, 2.24) is 35.8 Å². The van der Waals surface area contributed by atoms with Crippen LogP contribution >= 0.6 is 0 Å². The highest BCUT2D eigenvalue weighted by atomic mass is 16.5. The maximum Gasteiger partial charge on any atom is 0.270 e. The number of aromatic nitrogens is 5. The number of aliphatic hydroxyl groups excluding tert-OH is 1. The van der Waals surface area contributed by atoms with Gasteiger partial charge in [0.15, 0.2) is 0 Å². The molecule has 1 aliphatic rings. The zero-order valence-electron chi connectivity index (χ0n) is 20.5. The minimum atomic E-state index is -0.296. The molecule has 2 atom stereocenters. The Morgan fingerprint density at radius 2 is 2.08 bits per heavy atom. The molecule has 1 aromatic carbocycles. The third-order valence-electron chi connectivity index (χ3n) is 6.15. The maximum atomic E-state index is 12.8. The summed E-state index contributed by atoms with van der Waals surface area (Å²) in [4.78, 5) is 30.4. The number of nitrogens with one attached hydrogen (secondary N) is 2. The number of hydrogen-bond donors (Lipinski definition) is 3. The predicted molar refractivity (Wildman–Crippen MR) is 131 cm³/mol. The fraction of sp³-hybridized carbons (Fsp3) is 0.440. The molecule has 0 radical (unpaired) electrons. The van der Waals surface area contributed by atoms with E-state index in [0.29, 0.717) is 36.1 Å². The number of ether oxygens (including phenoxy) is 1. The average Bonchev–Trinajstić information content (AvgIpc) is 3.52. The second kappa shape index (κ2) is 11.7. The van der Waals surface area contributed by atoms with Crippen LogP contribution in [-0.2, 0) is 17.9 Å². The molecule has 11 heteroatoms. The van der Waals surface area contributed by atoms with E-state index in [4.69, 9.17) is 9.84 Å². The van der Waals surface area contributed by atoms with Crippen LogP contribution in [0.25, 0.3) is 11.4 Å². The van der Waals surface area contributed by atoms with Gasteiger partial charge in [-0.15, -0.1) is 10.2 Å². The summed E-state index contributed by atoms with van der Waals surface area (Å²) in [7, 11) is 1.60. The molecule has 190 valence electrons. The lowest BCUT2D eigenvalue weighted by Gasteiger charge is -2.12. The van der Waals surface area contributed by atoms with Gasteiger partial charge >= 0.3 is 0 Å². The Hall–Kier alpha value is -3.86. The lowest BCUT2D eigenvalue weighted by atomic mass is 10.1. The van der Waals surface area contributed by atoms with Gasteiger partial charge in [0.1, 0.15) is 11.4 Å². The van der Waals surface area contributed by atoms with Gasteiger partial charge in [-0.3, -0.25) is 9.59 Å². The first kappa shape index (κ1) is 25.2. The van der Waals surface area contributed by atoms with E-state index in [2.05, 4.69) is 31.0 Å². The second-order valence-corrected chi connectivity index (χ2v) is 9.00. The normalized spacial score (nSPS) is 17.1. The molecule has 11 nitrogen and oxygen atoms in total. The van der Waals surface area contributed by atoms with E-state index in [1.165, 1.54) is 0 Å². The van der Waals surface area contributed by atoms with Crippen molar-refractivity contribution < 1.29 is 19.4 Å². The molecule has 36 heavy (non-hydrogen) atoms. The van der Waals surface area contributed by atoms with Gasteiger partial charge in [-0.2, -0.15) is 4.80 Å². The van der Waals surface area contributed by atoms with Crippen molar-refractivity contribution in [2.45, 2.75) is 51.7 Å². The number of tetrazole rings is 1. The van der Waals surface area contributed by atoms with Crippen LogP contribution in [0.4, 0.5) is 0 Å². The number of methoxy groups -OCH3 is 1. The van der Waals surface area contributed by atoms with E-state index in [1.54, 1.807) is 18.0 Å². The number of carbonyl (C=O) groups excluding carboxylic acids is 2. The number of aryl methyl sites for hydroxylation is 1. The SMILES string of the molecule is COc1cccc(CNC(=O)c2cc(-c3nnn(C[C@H]4CC[C@@H](NC(=O)CCO)C4)n3)cc(C)n2)c1. The third kappa shape index (κ3) is 6.63. The first-order chi connectivity index (χ1) is 17.4. The fourth-order valence-corrected chi connectivity index (χ4v) is 4.41. The van der Waals surface area contributed by atoms with Gasteiger partial charge in [-0.05, 0) is 67.1 Å². The standard InChI is InChI=1S/C25H31N7O4/c1-16-10-19(13-22(27-16)25(35)26-14-17-4-3-5-21(12-17)36-2)24-29-31-32(30-24)15-18-6-7-20(11-18)28-23(34)8-9-33/h3-5,10,12-13,18,20,33H,6-9,11,14-15H2,1-2H3,(H,26,35)(H,28,34)/t18-,20+/m0/s1. The van der Waals surface area contributed by atoms with Crippen LogP contribution in [0, 0.1) is 12.8 Å². The zero-order valence-corrected chi connectivity index (χ0v) is 20.5. The zero-order chi connectivity index (χ0) is 25.5. The van der Waals surface area contributed by atoms with Crippen molar-refractivity contribution in [2.24, 2.45) is 5.92 Å². The van der Waals surface area contributed by atoms with Gasteiger partial charge in [-0.25, -0.2) is 4.98 Å². The van der Waals surface area contributed by atoms with Gasteiger partial charge in [0.25, 0.3) is 5.91 Å². The summed E-state index contributed by atoms with van der Waals surface area (Å²) in [5.74, 6) is 1.05. The molecule has 4 rings (SSSR count). The Kier molecular flexibility index (Phi) is 8.21. The summed E-state index contributed by atoms with van der Waals surface area (Å²) in [6.07, 6.45) is 2.80. The van der Waals surface area contributed by atoms with Crippen molar-refractivity contribution >= 4 is 11.8 Å². The summed E-state index contributed by atoms with van der Waals surface area (Å²) in [6.45, 7) is 2.61. The predicted octanol–water partition coefficient (Wildman–Crippen LogP) is 1.65. The monoisotopic (exact) mass is 493 g/mol. The highest BCUT2D eigenvalue weighted by molar-refractivity contribution is 5.93. The molecular formula is C25H31N7O4. The average molecular weight is 494 g/mol. The first-order valence-corrected chi connectivity index (χ1v) is 12.0. The van der Waals surface area contributed by atoms with Crippen LogP contribution in [0.3, 0.4) is 0 Å². The number of nitrogens with zero attached hydrogens (tertiary/aromatic N) is 5. The van der Waals surface area contributed by atoms with E-state index in [-0.39, 0.29) is 36.6 Å². The molecular weight excluding hydrogens is 462 g/mol. The number of rotatable bonds is 10. The fourth-order valence-electron chi connectivity index (χ4n) is 4.41. The van der Waals surface area contributed by atoms with E-state index in [0.717, 1.165) is 30.6 Å². The maximum absolute atomic E-state index is 12.8. The number of aliphatic hydroxyl groups is 1. The Morgan fingerprint density at radius 1 is 1.22 bits per heavy atom. The lowest BCUT2D eigenvalue weighted by Crippen LogP contribution is -2.33. The number of amides is 2. The van der Waals surface area contributed by atoms with Crippen LogP contribution < -0.4 is 15.4 Å². The van der Waals surface area contributed by atoms with Gasteiger partial charge in [0.2, 0.25) is 11.7 Å². The van der Waals surface area contributed by atoms with E-state index < -0.39 is 0 Å². The Labute approximate surface area is 209 Å². The summed E-state index contributed by atoms with van der Waals surface area (Å²) in [5.41, 5.74) is 2.54. The molecule has 1 aliphatic carbocycles. The quantitative estimate of drug-likeness (QED) is 0.387. The number of benzene rings is 1. The van der Waals surface area contributed by atoms with Gasteiger partial charge in [0, 0.05) is 30.3 Å². The minimum Gasteiger partial charge on any atom is -0.497 e. The molecule has 2 heterocycles. The van der Waals surface area contributed by atoms with Crippen LogP contribution in [0.2, 0.25) is 0 Å². The Balaban J connectivity index is 1.37. The van der Waals surface area contributed by atoms with Crippen LogP contribution in [0.5, 0.6) is 5.75 Å². The molecule has 0 saturated heterocycles. The van der Waals surface area contributed by atoms with Crippen molar-refractivity contribution in [3.05, 3.63) is 53.3 Å². The summed E-state index contributed by atoms with van der Waals surface area (Å²) in [6, 6.07) is 11.1. The second-order valence-electron chi connectivity index (χ2n) is 9.00. The molecule has 0 spiro atoms. The molecule has 1 fully saturated rings. The largest absolute Gasteiger partial charge is 0.497 e. The highest BCUT2D eigenvalue weighted by Crippen LogP contribution is 2.27. The molecule has 1 saturated carbocycles. The molecule has 0 aliphatic heterocycles. The van der Waals surface area contributed by atoms with Gasteiger partial charge in [0.05, 0.1) is 20.3 Å². The van der Waals surface area contributed by atoms with Crippen LogP contribution in [0.1, 0.15) is 47.4 Å². The molecule has 3 aromatic rings. The first-order valence-electron chi connectivity index (χ1n) is 12.0. The highest BCUT2D eigenvalue weighted by Gasteiger charge is 2.27. The summed E-state index contributed by atoms with van der Waals surface area (Å²) >= 11 is 0. The summed E-state index contributed by atoms with van der Waals surface area (Å²) in [5, 5.41) is 27.6. The van der Waals surface area contributed by atoms with Crippen molar-refractivity contribution in [3.63, 3.8) is 0 Å². The molecule has 0 bridgehead atoms. The van der Waals surface area contributed by atoms with Crippen LogP contribution in [-0.4, -0.2) is 61.9 Å². The van der Waals surface area contributed by atoms with Crippen molar-refractivity contribution in [3.8, 4) is 17.1 Å².